The van der Waals surface area contributed by atoms with E-state index in [0.717, 1.165) is 6.08 Å². The molecular weight excluding hydrogens is 558 g/mol. The maximum atomic E-state index is 13.6. The molecule has 1 heterocycles. The van der Waals surface area contributed by atoms with E-state index in [-0.39, 0.29) is 33.5 Å². The molecule has 4 rings (SSSR count). The number of aromatic hydroxyl groups is 1. The van der Waals surface area contributed by atoms with E-state index in [1.807, 2.05) is 5.32 Å². The molecule has 1 aromatic heterocycles. The first kappa shape index (κ1) is 28.4. The van der Waals surface area contributed by atoms with E-state index >= 15 is 0 Å². The second-order valence-corrected chi connectivity index (χ2v) is 8.97. The van der Waals surface area contributed by atoms with Gasteiger partial charge in [0.25, 0.3) is 0 Å². The van der Waals surface area contributed by atoms with Crippen molar-refractivity contribution in [2.75, 3.05) is 5.32 Å². The summed E-state index contributed by atoms with van der Waals surface area (Å²) >= 11 is 6.19. The number of carbonyl (C=O) groups excluding carboxylic acids is 2. The van der Waals surface area contributed by atoms with Crippen molar-refractivity contribution >= 4 is 40.1 Å². The smallest absolute Gasteiger partial charge is 0.418 e. The predicted octanol–water partition coefficient (Wildman–Crippen LogP) is 6.56. The van der Waals surface area contributed by atoms with Gasteiger partial charge in [0.1, 0.15) is 22.9 Å². The van der Waals surface area contributed by atoms with E-state index in [1.54, 1.807) is 19.1 Å². The second-order valence-electron chi connectivity index (χ2n) is 8.56. The molecule has 2 N–H and O–H groups in total. The second kappa shape index (κ2) is 10.9. The number of nitrogens with one attached hydrogen (secondary N) is 1. The summed E-state index contributed by atoms with van der Waals surface area (Å²) in [6.07, 6.45) is -4.98. The first-order valence-corrected chi connectivity index (χ1v) is 11.8. The van der Waals surface area contributed by atoms with Gasteiger partial charge in [0.05, 0.1) is 23.2 Å². The summed E-state index contributed by atoms with van der Waals surface area (Å²) in [5, 5.41) is 12.5. The van der Waals surface area contributed by atoms with Gasteiger partial charge in [0.15, 0.2) is 0 Å². The molecule has 0 saturated heterocycles. The zero-order valence-electron chi connectivity index (χ0n) is 20.5. The van der Waals surface area contributed by atoms with Gasteiger partial charge in [0.2, 0.25) is 5.91 Å². The largest absolute Gasteiger partial charge is 0.506 e. The Morgan fingerprint density at radius 3 is 2.58 bits per heavy atom. The van der Waals surface area contributed by atoms with Crippen LogP contribution in [0, 0.1) is 12.7 Å². The Labute approximate surface area is 228 Å². The lowest BCUT2D eigenvalue weighted by molar-refractivity contribution is -0.137. The van der Waals surface area contributed by atoms with Crippen molar-refractivity contribution < 1.29 is 41.4 Å². The lowest BCUT2D eigenvalue weighted by Crippen LogP contribution is -2.22. The summed E-state index contributed by atoms with van der Waals surface area (Å²) < 4.78 is 64.6. The van der Waals surface area contributed by atoms with E-state index in [0.29, 0.717) is 22.6 Å². The summed E-state index contributed by atoms with van der Waals surface area (Å²) in [5.41, 5.74) is -2.84. The predicted molar refractivity (Wildman–Crippen MR) is 139 cm³/mol. The summed E-state index contributed by atoms with van der Waals surface area (Å²) in [5.74, 6) is -4.34. The minimum Gasteiger partial charge on any atom is -0.506 e. The average molecular weight is 576 g/mol. The maximum absolute atomic E-state index is 13.6. The van der Waals surface area contributed by atoms with Crippen LogP contribution < -0.4 is 15.7 Å². The SMILES string of the molecule is C=CC(=O)Oc1cccc(-c2c(CC(=O)Nc3c(O)cc(F)cc3C(F)(F)F)c(=O)oc3cc(Cl)c(C)cc23)c1. The Bertz CT molecular complexity index is 1750. The van der Waals surface area contributed by atoms with E-state index < -0.39 is 52.9 Å². The third-order valence-electron chi connectivity index (χ3n) is 5.78. The highest BCUT2D eigenvalue weighted by Crippen LogP contribution is 2.41. The van der Waals surface area contributed by atoms with Crippen LogP contribution in [0.3, 0.4) is 0 Å². The van der Waals surface area contributed by atoms with Gasteiger partial charge in [-0.15, -0.1) is 0 Å². The van der Waals surface area contributed by atoms with Crippen LogP contribution in [0.4, 0.5) is 23.2 Å². The van der Waals surface area contributed by atoms with Gasteiger partial charge in [-0.3, -0.25) is 4.79 Å². The fourth-order valence-electron chi connectivity index (χ4n) is 4.02. The number of rotatable bonds is 6. The number of carbonyl (C=O) groups is 2. The Hall–Kier alpha value is -4.64. The van der Waals surface area contributed by atoms with Crippen molar-refractivity contribution in [2.45, 2.75) is 19.5 Å². The van der Waals surface area contributed by atoms with E-state index in [4.69, 9.17) is 20.8 Å². The number of anilines is 1. The third kappa shape index (κ3) is 5.84. The Morgan fingerprint density at radius 2 is 1.90 bits per heavy atom. The normalized spacial score (nSPS) is 11.3. The molecule has 0 aliphatic heterocycles. The van der Waals surface area contributed by atoms with Gasteiger partial charge in [-0.05, 0) is 42.3 Å². The molecule has 40 heavy (non-hydrogen) atoms. The number of hydrogen-bond donors (Lipinski definition) is 2. The highest BCUT2D eigenvalue weighted by molar-refractivity contribution is 6.32. The molecule has 0 bridgehead atoms. The number of alkyl halides is 3. The zero-order valence-corrected chi connectivity index (χ0v) is 21.2. The first-order valence-electron chi connectivity index (χ1n) is 11.4. The van der Waals surface area contributed by atoms with Crippen LogP contribution in [0.1, 0.15) is 16.7 Å². The molecule has 3 aromatic carbocycles. The van der Waals surface area contributed by atoms with Crippen molar-refractivity contribution in [3.05, 3.63) is 99.1 Å². The highest BCUT2D eigenvalue weighted by atomic mass is 35.5. The molecule has 12 heteroatoms. The number of esters is 1. The summed E-state index contributed by atoms with van der Waals surface area (Å²) in [4.78, 5) is 37.8. The van der Waals surface area contributed by atoms with Gasteiger partial charge >= 0.3 is 17.8 Å². The van der Waals surface area contributed by atoms with Crippen molar-refractivity contribution in [3.63, 3.8) is 0 Å². The van der Waals surface area contributed by atoms with Crippen LogP contribution in [0.2, 0.25) is 5.02 Å². The Morgan fingerprint density at radius 1 is 1.18 bits per heavy atom. The first-order chi connectivity index (χ1) is 18.8. The molecule has 0 aliphatic carbocycles. The van der Waals surface area contributed by atoms with Crippen LogP contribution in [0.15, 0.2) is 70.4 Å². The van der Waals surface area contributed by atoms with Crippen LogP contribution >= 0.6 is 11.6 Å². The maximum Gasteiger partial charge on any atom is 0.418 e. The molecule has 7 nitrogen and oxygen atoms in total. The molecule has 0 spiro atoms. The van der Waals surface area contributed by atoms with Gasteiger partial charge in [-0.1, -0.05) is 30.3 Å². The highest BCUT2D eigenvalue weighted by Gasteiger charge is 2.36. The number of ether oxygens (including phenoxy) is 1. The molecule has 0 atom stereocenters. The standard InChI is InChI=1S/C28H18ClF4NO6/c1-3-24(37)39-16-6-4-5-14(8-16)25-17-7-13(2)20(29)12-22(17)40-27(38)18(25)11-23(36)34-26-19(28(31,32)33)9-15(30)10-21(26)35/h3-10,12,35H,1,11H2,2H3,(H,34,36). The zero-order chi connectivity index (χ0) is 29.4. The Kier molecular flexibility index (Phi) is 7.70. The van der Waals surface area contributed by atoms with Crippen LogP contribution in [0.25, 0.3) is 22.1 Å². The van der Waals surface area contributed by atoms with Crippen molar-refractivity contribution in [1.29, 1.82) is 0 Å². The Balaban J connectivity index is 1.87. The number of benzene rings is 3. The number of phenolic OH excluding ortho intramolecular Hbond substituents is 1. The molecule has 0 saturated carbocycles. The lowest BCUT2D eigenvalue weighted by atomic mass is 9.94. The summed E-state index contributed by atoms with van der Waals surface area (Å²) in [6, 6.07) is 9.45. The van der Waals surface area contributed by atoms with E-state index in [2.05, 4.69) is 6.58 Å². The van der Waals surface area contributed by atoms with Crippen molar-refractivity contribution in [1.82, 2.24) is 0 Å². The van der Waals surface area contributed by atoms with Gasteiger partial charge in [0, 0.05) is 34.2 Å². The van der Waals surface area contributed by atoms with Gasteiger partial charge < -0.3 is 19.6 Å². The molecule has 0 radical (unpaired) electrons. The van der Waals surface area contributed by atoms with Crippen LogP contribution in [-0.2, 0) is 22.2 Å². The molecule has 1 amide bonds. The molecule has 0 aliphatic rings. The van der Waals surface area contributed by atoms with Crippen LogP contribution in [-0.4, -0.2) is 17.0 Å². The number of hydrogen-bond acceptors (Lipinski definition) is 6. The van der Waals surface area contributed by atoms with Crippen molar-refractivity contribution in [2.24, 2.45) is 0 Å². The van der Waals surface area contributed by atoms with Gasteiger partial charge in [-0.2, -0.15) is 13.2 Å². The monoisotopic (exact) mass is 575 g/mol. The molecule has 0 fully saturated rings. The number of amides is 1. The number of fused-ring (bicyclic) bond motifs is 1. The number of aryl methyl sites for hydroxylation is 1. The molecule has 4 aromatic rings. The fraction of sp³-hybridized carbons (Fsp3) is 0.107. The minimum absolute atomic E-state index is 0.0591. The topological polar surface area (TPSA) is 106 Å². The van der Waals surface area contributed by atoms with E-state index in [1.165, 1.54) is 24.3 Å². The van der Waals surface area contributed by atoms with E-state index in [9.17, 15) is 37.1 Å². The lowest BCUT2D eigenvalue weighted by Gasteiger charge is -2.17. The summed E-state index contributed by atoms with van der Waals surface area (Å²) in [6.45, 7) is 5.01. The molecule has 0 unspecified atom stereocenters. The quantitative estimate of drug-likeness (QED) is 0.0674. The number of phenols is 1. The summed E-state index contributed by atoms with van der Waals surface area (Å²) in [7, 11) is 0. The average Bonchev–Trinajstić information content (AvgIpc) is 2.86. The minimum atomic E-state index is -5.12. The fourth-order valence-corrected chi connectivity index (χ4v) is 4.18. The van der Waals surface area contributed by atoms with Crippen LogP contribution in [0.5, 0.6) is 11.5 Å². The molecule has 206 valence electrons. The van der Waals surface area contributed by atoms with Gasteiger partial charge in [-0.25, -0.2) is 14.0 Å². The van der Waals surface area contributed by atoms with Crippen molar-refractivity contribution in [3.8, 4) is 22.6 Å². The number of halogens is 5. The third-order valence-corrected chi connectivity index (χ3v) is 6.19. The molecular formula is C28H18ClF4NO6.